The quantitative estimate of drug-likeness (QED) is 0.538. The molecule has 13 heavy (non-hydrogen) atoms. The highest BCUT2D eigenvalue weighted by Crippen LogP contribution is 2.00. The van der Waals surface area contributed by atoms with Gasteiger partial charge in [-0.25, -0.2) is 0 Å². The number of hydrogen-bond acceptors (Lipinski definition) is 1. The summed E-state index contributed by atoms with van der Waals surface area (Å²) in [5.41, 5.74) is 0. The van der Waals surface area contributed by atoms with E-state index in [1.807, 2.05) is 0 Å². The Morgan fingerprint density at radius 2 is 1.15 bits per heavy atom. The molecule has 0 aliphatic rings. The maximum atomic E-state index is 4.78. The first-order chi connectivity index (χ1) is 6.33. The van der Waals surface area contributed by atoms with Crippen LogP contribution in [-0.2, 0) is 4.74 Å². The van der Waals surface area contributed by atoms with Crippen LogP contribution < -0.4 is 0 Å². The van der Waals surface area contributed by atoms with Crippen molar-refractivity contribution in [1.29, 1.82) is 0 Å². The lowest BCUT2D eigenvalue weighted by Crippen LogP contribution is -1.84. The van der Waals surface area contributed by atoms with Crippen molar-refractivity contribution in [3.8, 4) is 0 Å². The molecule has 0 atom stereocenters. The highest BCUT2D eigenvalue weighted by Gasteiger charge is 1.80. The molecular weight excluding hydrogens is 160 g/mol. The van der Waals surface area contributed by atoms with E-state index in [1.165, 1.54) is 44.9 Å². The summed E-state index contributed by atoms with van der Waals surface area (Å²) >= 11 is 0. The van der Waals surface area contributed by atoms with Crippen molar-refractivity contribution in [2.45, 2.75) is 65.7 Å². The zero-order chi connectivity index (χ0) is 10.4. The SMILES string of the molecule is CCCCCCC.CCCCOC. The van der Waals surface area contributed by atoms with Crippen molar-refractivity contribution >= 4 is 0 Å². The van der Waals surface area contributed by atoms with Gasteiger partial charge in [-0.15, -0.1) is 0 Å². The number of rotatable bonds is 7. The van der Waals surface area contributed by atoms with Crippen LogP contribution in [0.2, 0.25) is 0 Å². The number of unbranched alkanes of at least 4 members (excludes halogenated alkanes) is 5. The van der Waals surface area contributed by atoms with Gasteiger partial charge in [-0.3, -0.25) is 0 Å². The first-order valence-corrected chi connectivity index (χ1v) is 5.82. The Hall–Kier alpha value is -0.0400. The number of ether oxygens (including phenoxy) is 1. The Labute approximate surface area is 84.9 Å². The first kappa shape index (κ1) is 15.4. The lowest BCUT2D eigenvalue weighted by atomic mass is 10.2. The molecule has 0 spiro atoms. The van der Waals surface area contributed by atoms with Gasteiger partial charge in [0.15, 0.2) is 0 Å². The fourth-order valence-electron chi connectivity index (χ4n) is 0.965. The molecule has 1 nitrogen and oxygen atoms in total. The zero-order valence-corrected chi connectivity index (χ0v) is 10.1. The summed E-state index contributed by atoms with van der Waals surface area (Å²) in [5, 5.41) is 0. The molecule has 82 valence electrons. The number of hydrogen-bond donors (Lipinski definition) is 0. The van der Waals surface area contributed by atoms with E-state index in [2.05, 4.69) is 20.8 Å². The molecule has 0 saturated heterocycles. The van der Waals surface area contributed by atoms with Gasteiger partial charge in [0, 0.05) is 13.7 Å². The summed E-state index contributed by atoms with van der Waals surface area (Å²) in [4.78, 5) is 0. The lowest BCUT2D eigenvalue weighted by molar-refractivity contribution is 0.194. The summed E-state index contributed by atoms with van der Waals surface area (Å²) in [6, 6.07) is 0. The second kappa shape index (κ2) is 17.9. The molecule has 0 aromatic rings. The molecule has 0 aromatic carbocycles. The zero-order valence-electron chi connectivity index (χ0n) is 10.1. The maximum absolute atomic E-state index is 4.78. The van der Waals surface area contributed by atoms with Gasteiger partial charge in [0.05, 0.1) is 0 Å². The molecular formula is C12H28O. The van der Waals surface area contributed by atoms with Crippen LogP contribution in [0.1, 0.15) is 65.7 Å². The minimum absolute atomic E-state index is 0.913. The van der Waals surface area contributed by atoms with Crippen molar-refractivity contribution in [3.63, 3.8) is 0 Å². The summed E-state index contributed by atoms with van der Waals surface area (Å²) in [5.74, 6) is 0. The molecule has 0 N–H and O–H groups in total. The van der Waals surface area contributed by atoms with Crippen LogP contribution in [0, 0.1) is 0 Å². The molecule has 0 unspecified atom stereocenters. The van der Waals surface area contributed by atoms with Crippen LogP contribution in [0.4, 0.5) is 0 Å². The van der Waals surface area contributed by atoms with Gasteiger partial charge in [0.25, 0.3) is 0 Å². The minimum Gasteiger partial charge on any atom is -0.385 e. The predicted octanol–water partition coefficient (Wildman–Crippen LogP) is 4.41. The average molecular weight is 188 g/mol. The summed E-state index contributed by atoms with van der Waals surface area (Å²) in [6.07, 6.45) is 9.43. The van der Waals surface area contributed by atoms with E-state index in [1.54, 1.807) is 7.11 Å². The molecule has 0 heterocycles. The third-order valence-electron chi connectivity index (χ3n) is 1.91. The molecule has 0 saturated carbocycles. The second-order valence-electron chi connectivity index (χ2n) is 3.41. The van der Waals surface area contributed by atoms with Gasteiger partial charge in [0.1, 0.15) is 0 Å². The summed E-state index contributed by atoms with van der Waals surface area (Å²) < 4.78 is 4.78. The monoisotopic (exact) mass is 188 g/mol. The Kier molecular flexibility index (Phi) is 21.2. The van der Waals surface area contributed by atoms with Crippen LogP contribution in [0.25, 0.3) is 0 Å². The molecule has 0 bridgehead atoms. The second-order valence-corrected chi connectivity index (χ2v) is 3.41. The lowest BCUT2D eigenvalue weighted by Gasteiger charge is -1.90. The molecule has 0 aromatic heterocycles. The molecule has 0 aliphatic carbocycles. The third kappa shape index (κ3) is 24.5. The smallest absolute Gasteiger partial charge is 0.0462 e. The van der Waals surface area contributed by atoms with Gasteiger partial charge < -0.3 is 4.74 Å². The van der Waals surface area contributed by atoms with E-state index in [9.17, 15) is 0 Å². The Morgan fingerprint density at radius 3 is 1.38 bits per heavy atom. The van der Waals surface area contributed by atoms with E-state index in [4.69, 9.17) is 4.74 Å². The van der Waals surface area contributed by atoms with Crippen molar-refractivity contribution in [3.05, 3.63) is 0 Å². The Bertz CT molecular complexity index is 54.1. The van der Waals surface area contributed by atoms with Crippen LogP contribution in [0.15, 0.2) is 0 Å². The fraction of sp³-hybridized carbons (Fsp3) is 1.00. The standard InChI is InChI=1S/C7H16.C5H12O/c1-3-5-7-6-4-2;1-3-4-5-6-2/h3-7H2,1-2H3;3-5H2,1-2H3. The van der Waals surface area contributed by atoms with Crippen molar-refractivity contribution < 1.29 is 4.74 Å². The van der Waals surface area contributed by atoms with Gasteiger partial charge in [-0.2, -0.15) is 0 Å². The van der Waals surface area contributed by atoms with Crippen LogP contribution >= 0.6 is 0 Å². The van der Waals surface area contributed by atoms with Gasteiger partial charge in [0.2, 0.25) is 0 Å². The van der Waals surface area contributed by atoms with Crippen LogP contribution in [0.3, 0.4) is 0 Å². The van der Waals surface area contributed by atoms with Crippen LogP contribution in [0.5, 0.6) is 0 Å². The Balaban J connectivity index is 0. The van der Waals surface area contributed by atoms with E-state index >= 15 is 0 Å². The van der Waals surface area contributed by atoms with Gasteiger partial charge in [-0.1, -0.05) is 59.3 Å². The fourth-order valence-corrected chi connectivity index (χ4v) is 0.965. The van der Waals surface area contributed by atoms with Crippen molar-refractivity contribution in [2.75, 3.05) is 13.7 Å². The van der Waals surface area contributed by atoms with E-state index in [0.717, 1.165) is 6.61 Å². The van der Waals surface area contributed by atoms with E-state index in [-0.39, 0.29) is 0 Å². The highest BCUT2D eigenvalue weighted by atomic mass is 16.5. The average Bonchev–Trinajstić information content (AvgIpc) is 2.17. The molecule has 1 heteroatoms. The molecule has 0 aliphatic heterocycles. The van der Waals surface area contributed by atoms with Gasteiger partial charge in [-0.05, 0) is 6.42 Å². The largest absolute Gasteiger partial charge is 0.385 e. The number of methoxy groups -OCH3 is 1. The maximum Gasteiger partial charge on any atom is 0.0462 e. The Morgan fingerprint density at radius 1 is 0.692 bits per heavy atom. The third-order valence-corrected chi connectivity index (χ3v) is 1.91. The normalized spacial score (nSPS) is 9.23. The summed E-state index contributed by atoms with van der Waals surface area (Å²) in [6.45, 7) is 7.56. The van der Waals surface area contributed by atoms with Crippen LogP contribution in [-0.4, -0.2) is 13.7 Å². The van der Waals surface area contributed by atoms with Crippen molar-refractivity contribution in [1.82, 2.24) is 0 Å². The van der Waals surface area contributed by atoms with Crippen molar-refractivity contribution in [2.24, 2.45) is 0 Å². The topological polar surface area (TPSA) is 9.23 Å². The molecule has 0 rings (SSSR count). The molecule has 0 amide bonds. The van der Waals surface area contributed by atoms with E-state index < -0.39 is 0 Å². The van der Waals surface area contributed by atoms with Gasteiger partial charge >= 0.3 is 0 Å². The minimum atomic E-state index is 0.913. The molecule has 0 fully saturated rings. The summed E-state index contributed by atoms with van der Waals surface area (Å²) in [7, 11) is 1.73. The predicted molar refractivity (Wildman–Crippen MR) is 61.2 cm³/mol. The highest BCUT2D eigenvalue weighted by molar-refractivity contribution is 4.35. The molecule has 0 radical (unpaired) electrons. The first-order valence-electron chi connectivity index (χ1n) is 5.82. The van der Waals surface area contributed by atoms with E-state index in [0.29, 0.717) is 0 Å².